The predicted octanol–water partition coefficient (Wildman–Crippen LogP) is 3.20. The van der Waals surface area contributed by atoms with Crippen LogP contribution in [-0.4, -0.2) is 62.7 Å². The van der Waals surface area contributed by atoms with Gasteiger partial charge in [-0.2, -0.15) is 0 Å². The zero-order valence-electron chi connectivity index (χ0n) is 17.7. The van der Waals surface area contributed by atoms with Gasteiger partial charge in [-0.05, 0) is 23.8 Å². The summed E-state index contributed by atoms with van der Waals surface area (Å²) in [6.07, 6.45) is 1.54. The van der Waals surface area contributed by atoms with E-state index in [9.17, 15) is 19.1 Å². The first-order chi connectivity index (χ1) is 15.4. The van der Waals surface area contributed by atoms with Crippen LogP contribution in [-0.2, 0) is 22.7 Å². The fourth-order valence-electron chi connectivity index (χ4n) is 4.42. The maximum absolute atomic E-state index is 13.9. The van der Waals surface area contributed by atoms with Crippen molar-refractivity contribution in [1.29, 1.82) is 0 Å². The van der Waals surface area contributed by atoms with E-state index in [0.717, 1.165) is 19.6 Å². The molecule has 0 bridgehead atoms. The summed E-state index contributed by atoms with van der Waals surface area (Å²) in [5.74, 6) is -2.38. The van der Waals surface area contributed by atoms with Crippen molar-refractivity contribution < 1.29 is 24.2 Å². The smallest absolute Gasteiger partial charge is 0.325 e. The number of hydrogen-bond donors (Lipinski definition) is 2. The van der Waals surface area contributed by atoms with E-state index >= 15 is 0 Å². The molecule has 0 saturated carbocycles. The SMILES string of the molecule is O=C(O)CCn1cc([C@H](C(=O)O)N2CCN(Cc3ccccc3)CC2)c2ccc(F)cc21. The van der Waals surface area contributed by atoms with Crippen LogP contribution in [0.25, 0.3) is 10.9 Å². The minimum absolute atomic E-state index is 0.129. The molecule has 4 rings (SSSR count). The van der Waals surface area contributed by atoms with Crippen LogP contribution in [0.3, 0.4) is 0 Å². The Morgan fingerprint density at radius 2 is 1.72 bits per heavy atom. The molecule has 7 nitrogen and oxygen atoms in total. The van der Waals surface area contributed by atoms with Gasteiger partial charge in [0.25, 0.3) is 0 Å². The molecule has 0 amide bonds. The van der Waals surface area contributed by atoms with E-state index in [0.29, 0.717) is 29.6 Å². The molecule has 2 N–H and O–H groups in total. The number of hydrogen-bond acceptors (Lipinski definition) is 4. The first-order valence-corrected chi connectivity index (χ1v) is 10.7. The lowest BCUT2D eigenvalue weighted by atomic mass is 10.0. The van der Waals surface area contributed by atoms with E-state index in [1.165, 1.54) is 17.7 Å². The second kappa shape index (κ2) is 9.50. The van der Waals surface area contributed by atoms with Crippen LogP contribution in [0.1, 0.15) is 23.6 Å². The molecule has 3 aromatic rings. The number of carbonyl (C=O) groups is 2. The van der Waals surface area contributed by atoms with Gasteiger partial charge in [-0.25, -0.2) is 4.39 Å². The van der Waals surface area contributed by atoms with Crippen LogP contribution < -0.4 is 0 Å². The molecule has 1 aliphatic rings. The van der Waals surface area contributed by atoms with Gasteiger partial charge in [-0.3, -0.25) is 19.4 Å². The quantitative estimate of drug-likeness (QED) is 0.561. The molecule has 1 saturated heterocycles. The van der Waals surface area contributed by atoms with Gasteiger partial charge in [0.15, 0.2) is 0 Å². The summed E-state index contributed by atoms with van der Waals surface area (Å²) in [7, 11) is 0. The first kappa shape index (κ1) is 22.0. The van der Waals surface area contributed by atoms with Crippen molar-refractivity contribution in [2.45, 2.75) is 25.6 Å². The number of rotatable bonds is 8. The maximum Gasteiger partial charge on any atom is 0.325 e. The van der Waals surface area contributed by atoms with Crippen molar-refractivity contribution in [2.24, 2.45) is 0 Å². The standard InChI is InChI=1S/C24H26FN3O4/c25-18-6-7-19-20(16-28(21(19)14-18)9-8-22(29)30)23(24(31)32)27-12-10-26(11-13-27)15-17-4-2-1-3-5-17/h1-7,14,16,23H,8-13,15H2,(H,29,30)(H,31,32)/t23-/m1/s1. The largest absolute Gasteiger partial charge is 0.481 e. The first-order valence-electron chi connectivity index (χ1n) is 10.7. The van der Waals surface area contributed by atoms with Gasteiger partial charge in [-0.1, -0.05) is 30.3 Å². The fraction of sp³-hybridized carbons (Fsp3) is 0.333. The number of aliphatic carboxylic acids is 2. The maximum atomic E-state index is 13.9. The van der Waals surface area contributed by atoms with Gasteiger partial charge in [0.1, 0.15) is 11.9 Å². The summed E-state index contributed by atoms with van der Waals surface area (Å²) in [6.45, 7) is 3.63. The highest BCUT2D eigenvalue weighted by Gasteiger charge is 2.32. The number of carboxylic acid groups (broad SMARTS) is 2. The highest BCUT2D eigenvalue weighted by Crippen LogP contribution is 2.32. The Kier molecular flexibility index (Phi) is 6.53. The van der Waals surface area contributed by atoms with E-state index in [4.69, 9.17) is 5.11 Å². The molecule has 1 aliphatic heterocycles. The average molecular weight is 439 g/mol. The Morgan fingerprint density at radius 1 is 1.00 bits per heavy atom. The lowest BCUT2D eigenvalue weighted by Crippen LogP contribution is -2.48. The molecule has 1 atom stereocenters. The number of aryl methyl sites for hydroxylation is 1. The number of nitrogens with zero attached hydrogens (tertiary/aromatic N) is 3. The van der Waals surface area contributed by atoms with Crippen LogP contribution in [0.2, 0.25) is 0 Å². The van der Waals surface area contributed by atoms with Crippen LogP contribution in [0, 0.1) is 5.82 Å². The number of fused-ring (bicyclic) bond motifs is 1. The summed E-state index contributed by atoms with van der Waals surface area (Å²) in [5, 5.41) is 19.8. The molecule has 168 valence electrons. The number of benzene rings is 2. The normalized spacial score (nSPS) is 16.3. The molecular formula is C24H26FN3O4. The molecular weight excluding hydrogens is 413 g/mol. The minimum Gasteiger partial charge on any atom is -0.481 e. The monoisotopic (exact) mass is 439 g/mol. The fourth-order valence-corrected chi connectivity index (χ4v) is 4.42. The third kappa shape index (κ3) is 4.81. The molecule has 32 heavy (non-hydrogen) atoms. The Labute approximate surface area is 185 Å². The molecule has 8 heteroatoms. The summed E-state index contributed by atoms with van der Waals surface area (Å²) < 4.78 is 15.5. The zero-order chi connectivity index (χ0) is 22.7. The third-order valence-corrected chi connectivity index (χ3v) is 5.99. The van der Waals surface area contributed by atoms with Gasteiger partial charge >= 0.3 is 11.9 Å². The van der Waals surface area contributed by atoms with E-state index in [1.807, 2.05) is 23.1 Å². The van der Waals surface area contributed by atoms with Crippen LogP contribution in [0.4, 0.5) is 4.39 Å². The number of carboxylic acids is 2. The van der Waals surface area contributed by atoms with E-state index in [-0.39, 0.29) is 13.0 Å². The highest BCUT2D eigenvalue weighted by atomic mass is 19.1. The topological polar surface area (TPSA) is 86.0 Å². The van der Waals surface area contributed by atoms with Crippen molar-refractivity contribution in [1.82, 2.24) is 14.4 Å². The average Bonchev–Trinajstić information content (AvgIpc) is 3.11. The molecule has 1 fully saturated rings. The summed E-state index contributed by atoms with van der Waals surface area (Å²) in [6, 6.07) is 13.5. The second-order valence-corrected chi connectivity index (χ2v) is 8.12. The van der Waals surface area contributed by atoms with Crippen LogP contribution in [0.15, 0.2) is 54.7 Å². The molecule has 0 aliphatic carbocycles. The van der Waals surface area contributed by atoms with Gasteiger partial charge in [0.05, 0.1) is 11.9 Å². The lowest BCUT2D eigenvalue weighted by Gasteiger charge is -2.37. The van der Waals surface area contributed by atoms with Gasteiger partial charge in [-0.15, -0.1) is 0 Å². The predicted molar refractivity (Wildman–Crippen MR) is 118 cm³/mol. The van der Waals surface area contributed by atoms with Gasteiger partial charge < -0.3 is 14.8 Å². The third-order valence-electron chi connectivity index (χ3n) is 5.99. The van der Waals surface area contributed by atoms with Crippen molar-refractivity contribution in [2.75, 3.05) is 26.2 Å². The zero-order valence-corrected chi connectivity index (χ0v) is 17.7. The van der Waals surface area contributed by atoms with Crippen LogP contribution >= 0.6 is 0 Å². The molecule has 2 aromatic carbocycles. The second-order valence-electron chi connectivity index (χ2n) is 8.12. The summed E-state index contributed by atoms with van der Waals surface area (Å²) in [4.78, 5) is 27.6. The number of aromatic nitrogens is 1. The Morgan fingerprint density at radius 3 is 2.38 bits per heavy atom. The van der Waals surface area contributed by atoms with Gasteiger partial charge in [0.2, 0.25) is 0 Å². The van der Waals surface area contributed by atoms with Crippen molar-refractivity contribution in [3.05, 3.63) is 71.7 Å². The highest BCUT2D eigenvalue weighted by molar-refractivity contribution is 5.90. The van der Waals surface area contributed by atoms with E-state index < -0.39 is 23.8 Å². The molecule has 0 unspecified atom stereocenters. The van der Waals surface area contributed by atoms with Crippen molar-refractivity contribution in [3.8, 4) is 0 Å². The number of halogens is 1. The molecule has 1 aromatic heterocycles. The van der Waals surface area contributed by atoms with Crippen molar-refractivity contribution in [3.63, 3.8) is 0 Å². The van der Waals surface area contributed by atoms with Gasteiger partial charge in [0, 0.05) is 56.4 Å². The van der Waals surface area contributed by atoms with E-state index in [2.05, 4.69) is 17.0 Å². The van der Waals surface area contributed by atoms with Crippen LogP contribution in [0.5, 0.6) is 0 Å². The van der Waals surface area contributed by atoms with Crippen molar-refractivity contribution >= 4 is 22.8 Å². The summed E-state index contributed by atoms with van der Waals surface area (Å²) in [5.41, 5.74) is 2.30. The Balaban J connectivity index is 1.56. The number of piperazine rings is 1. The molecule has 0 spiro atoms. The van der Waals surface area contributed by atoms with E-state index in [1.54, 1.807) is 16.8 Å². The Hall–Kier alpha value is -3.23. The minimum atomic E-state index is -0.969. The summed E-state index contributed by atoms with van der Waals surface area (Å²) >= 11 is 0. The molecule has 2 heterocycles. The Bertz CT molecular complexity index is 1110. The lowest BCUT2D eigenvalue weighted by molar-refractivity contribution is -0.144. The molecule has 0 radical (unpaired) electrons.